The molecule has 0 spiro atoms. The van der Waals surface area contributed by atoms with Crippen molar-refractivity contribution >= 4 is 11.6 Å². The highest BCUT2D eigenvalue weighted by molar-refractivity contribution is 6.31. The summed E-state index contributed by atoms with van der Waals surface area (Å²) in [6.45, 7) is 5.31. The summed E-state index contributed by atoms with van der Waals surface area (Å²) in [5, 5.41) is 10.6. The number of hydrogen-bond acceptors (Lipinski definition) is 7. The summed E-state index contributed by atoms with van der Waals surface area (Å²) in [7, 11) is 2.18. The second-order valence-electron chi connectivity index (χ2n) is 11.9. The van der Waals surface area contributed by atoms with Crippen LogP contribution in [0.3, 0.4) is 0 Å². The Balaban J connectivity index is 1.33. The highest BCUT2D eigenvalue weighted by Crippen LogP contribution is 2.35. The van der Waals surface area contributed by atoms with Crippen LogP contribution in [0.25, 0.3) is 22.4 Å². The number of hydrazine groups is 1. The van der Waals surface area contributed by atoms with Crippen molar-refractivity contribution < 1.29 is 0 Å². The van der Waals surface area contributed by atoms with Gasteiger partial charge in [-0.1, -0.05) is 37.1 Å². The molecule has 0 aliphatic carbocycles. The van der Waals surface area contributed by atoms with Gasteiger partial charge < -0.3 is 10.6 Å². The van der Waals surface area contributed by atoms with Crippen LogP contribution in [0.1, 0.15) is 45.1 Å². The van der Waals surface area contributed by atoms with Crippen molar-refractivity contribution in [3.63, 3.8) is 0 Å². The van der Waals surface area contributed by atoms with Crippen molar-refractivity contribution in [2.24, 2.45) is 11.8 Å². The number of pyridine rings is 1. The van der Waals surface area contributed by atoms with Crippen LogP contribution in [0, 0.1) is 11.8 Å². The number of aromatic nitrogens is 3. The number of rotatable bonds is 3. The van der Waals surface area contributed by atoms with Gasteiger partial charge in [0.2, 0.25) is 0 Å². The Morgan fingerprint density at radius 3 is 2.75 bits per heavy atom. The van der Waals surface area contributed by atoms with E-state index in [1.54, 1.807) is 18.6 Å². The van der Waals surface area contributed by atoms with E-state index >= 15 is 0 Å². The molecule has 0 amide bonds. The normalized spacial score (nSPS) is 29.8. The van der Waals surface area contributed by atoms with Crippen LogP contribution < -0.4 is 21.6 Å². The number of nitrogens with zero attached hydrogens (tertiary/aromatic N) is 4. The standard InChI is InChI=1S/C31H40ClN7O/c1-20-5-3-7-29(27-13-21(10-12-34-27)31-28(35-16-20)18-37-38(31)2)39-19-36-26(15-30(39)40)25-14-23(32)8-9-24(25)22-6-4-11-33-17-22/h4,6,8-9,11,14-15,17,19-21,27-29,31,34-35,37H,3,5,7,10,12-13,16,18H2,1-2H3/t20-,21?,27?,28?,29+,31?/m1/s1. The molecule has 9 heteroatoms. The molecule has 212 valence electrons. The van der Waals surface area contributed by atoms with E-state index in [2.05, 4.69) is 40.0 Å². The van der Waals surface area contributed by atoms with Crippen molar-refractivity contribution in [2.45, 2.75) is 63.2 Å². The third kappa shape index (κ3) is 5.74. The Hall–Kier alpha value is -2.62. The van der Waals surface area contributed by atoms with E-state index in [1.165, 1.54) is 0 Å². The predicted octanol–water partition coefficient (Wildman–Crippen LogP) is 4.13. The monoisotopic (exact) mass is 561 g/mol. The molecule has 1 aromatic carbocycles. The Morgan fingerprint density at radius 1 is 1.02 bits per heavy atom. The van der Waals surface area contributed by atoms with Gasteiger partial charge in [0, 0.05) is 66.3 Å². The van der Waals surface area contributed by atoms with E-state index in [4.69, 9.17) is 16.6 Å². The molecule has 3 aliphatic rings. The van der Waals surface area contributed by atoms with Gasteiger partial charge in [-0.2, -0.15) is 0 Å². The van der Waals surface area contributed by atoms with Crippen LogP contribution in [0.5, 0.6) is 0 Å². The number of nitrogens with one attached hydrogen (secondary N) is 3. The number of fused-ring (bicyclic) bond motifs is 4. The van der Waals surface area contributed by atoms with Crippen molar-refractivity contribution in [2.75, 3.05) is 26.7 Å². The molecule has 3 N–H and O–H groups in total. The van der Waals surface area contributed by atoms with Gasteiger partial charge in [-0.15, -0.1) is 0 Å². The van der Waals surface area contributed by atoms with Crippen molar-refractivity contribution in [1.29, 1.82) is 0 Å². The summed E-state index contributed by atoms with van der Waals surface area (Å²) >= 11 is 6.41. The SMILES string of the molecule is C[C@@H]1CCC[C@H](n2cnc(-c3cc(Cl)ccc3-c3cccnc3)cc2=O)C2CC(CCN2)C2C(CNN2C)NC1. The summed E-state index contributed by atoms with van der Waals surface area (Å²) in [6.07, 6.45) is 10.7. The minimum absolute atomic E-state index is 0.0182. The molecule has 4 unspecified atom stereocenters. The molecule has 3 fully saturated rings. The summed E-state index contributed by atoms with van der Waals surface area (Å²) < 4.78 is 1.89. The maximum atomic E-state index is 13.8. The fraction of sp³-hybridized carbons (Fsp3) is 0.516. The summed E-state index contributed by atoms with van der Waals surface area (Å²) in [5.74, 6) is 1.14. The average Bonchev–Trinajstić information content (AvgIpc) is 3.34. The fourth-order valence-electron chi connectivity index (χ4n) is 7.13. The van der Waals surface area contributed by atoms with Gasteiger partial charge in [-0.25, -0.2) is 9.99 Å². The Kier molecular flexibility index (Phi) is 8.32. The lowest BCUT2D eigenvalue weighted by Gasteiger charge is -2.42. The Morgan fingerprint density at radius 2 is 1.93 bits per heavy atom. The third-order valence-electron chi connectivity index (χ3n) is 9.19. The van der Waals surface area contributed by atoms with Crippen LogP contribution in [0.2, 0.25) is 5.02 Å². The molecule has 40 heavy (non-hydrogen) atoms. The molecule has 3 aromatic rings. The smallest absolute Gasteiger partial charge is 0.254 e. The van der Waals surface area contributed by atoms with Gasteiger partial charge in [0.15, 0.2) is 0 Å². The second-order valence-corrected chi connectivity index (χ2v) is 12.3. The van der Waals surface area contributed by atoms with E-state index in [9.17, 15) is 4.79 Å². The van der Waals surface area contributed by atoms with Crippen LogP contribution in [-0.4, -0.2) is 64.4 Å². The minimum Gasteiger partial charge on any atom is -0.312 e. The molecule has 3 saturated heterocycles. The zero-order valence-electron chi connectivity index (χ0n) is 23.4. The van der Waals surface area contributed by atoms with Crippen LogP contribution >= 0.6 is 11.6 Å². The zero-order valence-corrected chi connectivity index (χ0v) is 24.1. The molecule has 6 rings (SSSR count). The van der Waals surface area contributed by atoms with Gasteiger partial charge in [-0.05, 0) is 74.4 Å². The lowest BCUT2D eigenvalue weighted by atomic mass is 9.80. The lowest BCUT2D eigenvalue weighted by molar-refractivity contribution is 0.108. The van der Waals surface area contributed by atoms with Crippen LogP contribution in [0.4, 0.5) is 0 Å². The summed E-state index contributed by atoms with van der Waals surface area (Å²) in [6, 6.07) is 12.5. The van der Waals surface area contributed by atoms with Crippen molar-refractivity contribution in [3.8, 4) is 22.4 Å². The second kappa shape index (κ2) is 12.1. The molecule has 2 bridgehead atoms. The molecule has 0 saturated carbocycles. The molecule has 0 radical (unpaired) electrons. The van der Waals surface area contributed by atoms with E-state index in [-0.39, 0.29) is 17.6 Å². The van der Waals surface area contributed by atoms with Gasteiger partial charge in [-0.3, -0.25) is 19.8 Å². The largest absolute Gasteiger partial charge is 0.312 e. The van der Waals surface area contributed by atoms with Crippen molar-refractivity contribution in [1.82, 2.24) is 35.6 Å². The van der Waals surface area contributed by atoms with Gasteiger partial charge in [0.25, 0.3) is 5.56 Å². The van der Waals surface area contributed by atoms with E-state index in [1.807, 2.05) is 41.1 Å². The number of piperidine rings is 1. The highest BCUT2D eigenvalue weighted by Gasteiger charge is 2.41. The molecule has 8 nitrogen and oxygen atoms in total. The molecule has 3 aliphatic heterocycles. The number of likely N-dealkylation sites (N-methyl/N-ethyl adjacent to an activating group) is 1. The Bertz CT molecular complexity index is 1370. The molecule has 5 heterocycles. The van der Waals surface area contributed by atoms with E-state index in [0.717, 1.165) is 68.4 Å². The first kappa shape index (κ1) is 27.5. The van der Waals surface area contributed by atoms with E-state index in [0.29, 0.717) is 34.6 Å². The fourth-order valence-corrected chi connectivity index (χ4v) is 7.31. The molecular formula is C31H40ClN7O. The summed E-state index contributed by atoms with van der Waals surface area (Å²) in [5.41, 5.74) is 6.94. The molecule has 6 atom stereocenters. The third-order valence-corrected chi connectivity index (χ3v) is 9.43. The van der Waals surface area contributed by atoms with Gasteiger partial charge >= 0.3 is 0 Å². The summed E-state index contributed by atoms with van der Waals surface area (Å²) in [4.78, 5) is 22.9. The predicted molar refractivity (Wildman–Crippen MR) is 160 cm³/mol. The first-order valence-corrected chi connectivity index (χ1v) is 15.1. The molecule has 2 aromatic heterocycles. The first-order valence-electron chi connectivity index (χ1n) is 14.7. The minimum atomic E-state index is -0.0182. The topological polar surface area (TPSA) is 87.1 Å². The van der Waals surface area contributed by atoms with Gasteiger partial charge in [0.05, 0.1) is 18.1 Å². The number of benzene rings is 1. The zero-order chi connectivity index (χ0) is 27.6. The van der Waals surface area contributed by atoms with Crippen molar-refractivity contribution in [3.05, 3.63) is 70.5 Å². The van der Waals surface area contributed by atoms with Gasteiger partial charge in [0.1, 0.15) is 0 Å². The quantitative estimate of drug-likeness (QED) is 0.443. The first-order chi connectivity index (χ1) is 19.5. The number of hydrogen-bond donors (Lipinski definition) is 3. The van der Waals surface area contributed by atoms with Crippen LogP contribution in [-0.2, 0) is 0 Å². The Labute approximate surface area is 241 Å². The maximum absolute atomic E-state index is 13.8. The number of halogens is 1. The lowest BCUT2D eigenvalue weighted by Crippen LogP contribution is -2.54. The van der Waals surface area contributed by atoms with E-state index < -0.39 is 0 Å². The highest BCUT2D eigenvalue weighted by atomic mass is 35.5. The van der Waals surface area contributed by atoms with Crippen LogP contribution in [0.15, 0.2) is 59.9 Å². The average molecular weight is 562 g/mol. The molecular weight excluding hydrogens is 522 g/mol. The maximum Gasteiger partial charge on any atom is 0.254 e.